The van der Waals surface area contributed by atoms with Crippen molar-refractivity contribution < 1.29 is 14.4 Å². The zero-order valence-corrected chi connectivity index (χ0v) is 22.4. The highest BCUT2D eigenvalue weighted by molar-refractivity contribution is 7.07. The molecular weight excluding hydrogens is 509 g/mol. The summed E-state index contributed by atoms with van der Waals surface area (Å²) >= 11 is 13.6. The summed E-state index contributed by atoms with van der Waals surface area (Å²) in [4.78, 5) is 44.4. The van der Waals surface area contributed by atoms with Crippen LogP contribution in [0.1, 0.15) is 53.0 Å². The molecule has 1 aromatic heterocycles. The van der Waals surface area contributed by atoms with Gasteiger partial charge in [-0.3, -0.25) is 14.4 Å². The molecule has 3 amide bonds. The van der Waals surface area contributed by atoms with Crippen molar-refractivity contribution in [3.63, 3.8) is 0 Å². The number of aromatic nitrogens is 2. The summed E-state index contributed by atoms with van der Waals surface area (Å²) in [6.45, 7) is 5.60. The minimum atomic E-state index is -0.134. The van der Waals surface area contributed by atoms with E-state index in [9.17, 15) is 14.4 Å². The number of carbonyl (C=O) groups is 3. The topological polar surface area (TPSA) is 86.7 Å². The van der Waals surface area contributed by atoms with Gasteiger partial charge in [0.25, 0.3) is 5.91 Å². The number of nitrogens with zero attached hydrogens (tertiary/aromatic N) is 5. The molecule has 2 atom stereocenters. The van der Waals surface area contributed by atoms with Crippen molar-refractivity contribution in [1.82, 2.24) is 24.3 Å². The number of amides is 3. The van der Waals surface area contributed by atoms with Crippen LogP contribution in [0.4, 0.5) is 0 Å². The summed E-state index contributed by atoms with van der Waals surface area (Å²) < 4.78 is 3.91. The Kier molecular flexibility index (Phi) is 7.98. The molecule has 0 saturated carbocycles. The van der Waals surface area contributed by atoms with E-state index in [0.29, 0.717) is 66.1 Å². The number of piperidine rings is 2. The third-order valence-corrected chi connectivity index (χ3v) is 8.77. The molecule has 2 fully saturated rings. The van der Waals surface area contributed by atoms with Crippen molar-refractivity contribution in [2.45, 2.75) is 45.1 Å². The lowest BCUT2D eigenvalue weighted by molar-refractivity contribution is -0.141. The molecular formula is C24H29Cl2N5O3S. The Hall–Kier alpha value is -2.23. The third kappa shape index (κ3) is 5.47. The standard InChI is InChI=1S/C24H29Cl2N5O3S/c1-14-22(35-28-27-14)24(34)29(3)21-8-11-31(13-18(21)17-4-5-19(25)20(26)12-17)23(33)16-6-9-30(10-7-16)15(2)32/h4-5,12,16,18,21H,6-11,13H2,1-3H3/t18-,21+/m0/s1. The van der Waals surface area contributed by atoms with Crippen molar-refractivity contribution >= 4 is 52.5 Å². The number of aryl methyl sites for hydroxylation is 1. The van der Waals surface area contributed by atoms with Crippen LogP contribution in [0.15, 0.2) is 18.2 Å². The monoisotopic (exact) mass is 537 g/mol. The van der Waals surface area contributed by atoms with Crippen LogP contribution in [0.2, 0.25) is 10.0 Å². The molecule has 3 heterocycles. The lowest BCUT2D eigenvalue weighted by atomic mass is 9.84. The molecule has 0 unspecified atom stereocenters. The fourth-order valence-electron chi connectivity index (χ4n) is 5.11. The van der Waals surface area contributed by atoms with Gasteiger partial charge in [0.15, 0.2) is 0 Å². The van der Waals surface area contributed by atoms with Gasteiger partial charge >= 0.3 is 0 Å². The first-order valence-electron chi connectivity index (χ1n) is 11.7. The van der Waals surface area contributed by atoms with Gasteiger partial charge in [-0.15, -0.1) is 5.10 Å². The molecule has 2 aliphatic heterocycles. The van der Waals surface area contributed by atoms with Crippen LogP contribution in [0.3, 0.4) is 0 Å². The average Bonchev–Trinajstić information content (AvgIpc) is 3.29. The molecule has 1 aromatic carbocycles. The van der Waals surface area contributed by atoms with Gasteiger partial charge in [0.05, 0.1) is 15.7 Å². The number of hydrogen-bond donors (Lipinski definition) is 0. The number of likely N-dealkylation sites (N-methyl/N-ethyl adjacent to an activating group) is 1. The largest absolute Gasteiger partial charge is 0.343 e. The van der Waals surface area contributed by atoms with Gasteiger partial charge in [0.2, 0.25) is 11.8 Å². The summed E-state index contributed by atoms with van der Waals surface area (Å²) in [5.74, 6) is -0.176. The van der Waals surface area contributed by atoms with E-state index in [1.807, 2.05) is 17.0 Å². The number of hydrogen-bond acceptors (Lipinski definition) is 6. The second kappa shape index (κ2) is 10.8. The SMILES string of the molecule is CC(=O)N1CCC(C(=O)N2CC[C@@H](N(C)C(=O)c3snnc3C)[C@H](c3ccc(Cl)c(Cl)c3)C2)CC1. The second-order valence-electron chi connectivity index (χ2n) is 9.30. The number of carbonyl (C=O) groups excluding carboxylic acids is 3. The Morgan fingerprint density at radius 3 is 2.34 bits per heavy atom. The average molecular weight is 539 g/mol. The van der Waals surface area contributed by atoms with E-state index >= 15 is 0 Å². The first-order valence-corrected chi connectivity index (χ1v) is 13.3. The summed E-state index contributed by atoms with van der Waals surface area (Å²) in [6.07, 6.45) is 1.98. The first kappa shape index (κ1) is 25.9. The maximum Gasteiger partial charge on any atom is 0.267 e. The highest BCUT2D eigenvalue weighted by Crippen LogP contribution is 2.36. The Morgan fingerprint density at radius 1 is 1.06 bits per heavy atom. The Morgan fingerprint density at radius 2 is 1.74 bits per heavy atom. The highest BCUT2D eigenvalue weighted by atomic mass is 35.5. The van der Waals surface area contributed by atoms with Crippen LogP contribution in [0, 0.1) is 12.8 Å². The van der Waals surface area contributed by atoms with E-state index in [2.05, 4.69) is 9.59 Å². The molecule has 188 valence electrons. The summed E-state index contributed by atoms with van der Waals surface area (Å²) in [5, 5.41) is 4.88. The fraction of sp³-hybridized carbons (Fsp3) is 0.542. The lowest BCUT2D eigenvalue weighted by Crippen LogP contribution is -2.53. The summed E-state index contributed by atoms with van der Waals surface area (Å²) in [5.41, 5.74) is 1.55. The van der Waals surface area contributed by atoms with E-state index in [0.717, 1.165) is 17.1 Å². The molecule has 0 N–H and O–H groups in total. The number of likely N-dealkylation sites (tertiary alicyclic amines) is 2. The quantitative estimate of drug-likeness (QED) is 0.590. The Bertz CT molecular complexity index is 1120. The van der Waals surface area contributed by atoms with E-state index in [1.165, 1.54) is 0 Å². The lowest BCUT2D eigenvalue weighted by Gasteiger charge is -2.44. The fourth-order valence-corrected chi connectivity index (χ4v) is 6.06. The van der Waals surface area contributed by atoms with Crippen LogP contribution in [-0.2, 0) is 9.59 Å². The van der Waals surface area contributed by atoms with Gasteiger partial charge in [-0.25, -0.2) is 0 Å². The van der Waals surface area contributed by atoms with Crippen LogP contribution in [0.5, 0.6) is 0 Å². The minimum Gasteiger partial charge on any atom is -0.343 e. The van der Waals surface area contributed by atoms with Crippen LogP contribution < -0.4 is 0 Å². The zero-order chi connectivity index (χ0) is 25.3. The smallest absolute Gasteiger partial charge is 0.267 e. The van der Waals surface area contributed by atoms with E-state index in [1.54, 1.807) is 36.8 Å². The highest BCUT2D eigenvalue weighted by Gasteiger charge is 2.39. The third-order valence-electron chi connectivity index (χ3n) is 7.21. The Balaban J connectivity index is 1.55. The molecule has 8 nitrogen and oxygen atoms in total. The van der Waals surface area contributed by atoms with E-state index in [-0.39, 0.29) is 35.6 Å². The number of benzene rings is 1. The van der Waals surface area contributed by atoms with Crippen molar-refractivity contribution in [1.29, 1.82) is 0 Å². The molecule has 2 aliphatic rings. The van der Waals surface area contributed by atoms with Gasteiger partial charge in [0.1, 0.15) is 4.88 Å². The van der Waals surface area contributed by atoms with Gasteiger partial charge in [0, 0.05) is 58.0 Å². The van der Waals surface area contributed by atoms with Crippen molar-refractivity contribution in [2.24, 2.45) is 5.92 Å². The normalized spacial score (nSPS) is 21.2. The van der Waals surface area contributed by atoms with Gasteiger partial charge < -0.3 is 14.7 Å². The van der Waals surface area contributed by atoms with Crippen molar-refractivity contribution in [3.8, 4) is 0 Å². The number of rotatable bonds is 4. The molecule has 0 aliphatic carbocycles. The molecule has 2 saturated heterocycles. The Labute approximate surface area is 219 Å². The van der Waals surface area contributed by atoms with E-state index in [4.69, 9.17) is 23.2 Å². The summed E-state index contributed by atoms with van der Waals surface area (Å²) in [6, 6.07) is 5.37. The summed E-state index contributed by atoms with van der Waals surface area (Å²) in [7, 11) is 1.80. The minimum absolute atomic E-state index is 0.0514. The predicted octanol–water partition coefficient (Wildman–Crippen LogP) is 3.87. The van der Waals surface area contributed by atoms with Crippen molar-refractivity contribution in [3.05, 3.63) is 44.4 Å². The first-order chi connectivity index (χ1) is 16.7. The molecule has 2 aromatic rings. The van der Waals surface area contributed by atoms with Gasteiger partial charge in [-0.1, -0.05) is 33.8 Å². The predicted molar refractivity (Wildman–Crippen MR) is 136 cm³/mol. The van der Waals surface area contributed by atoms with E-state index < -0.39 is 0 Å². The molecule has 11 heteroatoms. The van der Waals surface area contributed by atoms with Gasteiger partial charge in [-0.2, -0.15) is 0 Å². The van der Waals surface area contributed by atoms with Crippen LogP contribution >= 0.6 is 34.7 Å². The molecule has 35 heavy (non-hydrogen) atoms. The van der Waals surface area contributed by atoms with Crippen LogP contribution in [-0.4, -0.2) is 81.3 Å². The molecule has 4 rings (SSSR count). The second-order valence-corrected chi connectivity index (χ2v) is 10.9. The number of halogens is 2. The van der Waals surface area contributed by atoms with Crippen molar-refractivity contribution in [2.75, 3.05) is 33.2 Å². The maximum atomic E-state index is 13.4. The van der Waals surface area contributed by atoms with Gasteiger partial charge in [-0.05, 0) is 55.4 Å². The molecule has 0 radical (unpaired) electrons. The van der Waals surface area contributed by atoms with Crippen LogP contribution in [0.25, 0.3) is 0 Å². The molecule has 0 spiro atoms. The molecule has 0 bridgehead atoms. The maximum absolute atomic E-state index is 13.4. The zero-order valence-electron chi connectivity index (χ0n) is 20.0.